The van der Waals surface area contributed by atoms with Gasteiger partial charge in [-0.05, 0) is 35.4 Å². The van der Waals surface area contributed by atoms with Crippen LogP contribution in [0.15, 0.2) is 97.2 Å². The molecule has 2 nitrogen and oxygen atoms in total. The molecule has 0 amide bonds. The summed E-state index contributed by atoms with van der Waals surface area (Å²) < 4.78 is 45.6. The van der Waals surface area contributed by atoms with Crippen LogP contribution < -0.4 is 4.74 Å². The van der Waals surface area contributed by atoms with Crippen LogP contribution in [0.5, 0.6) is 5.75 Å². The van der Waals surface area contributed by atoms with Crippen LogP contribution in [-0.2, 0) is 12.8 Å². The van der Waals surface area contributed by atoms with Crippen LogP contribution in [0.1, 0.15) is 11.1 Å². The first-order chi connectivity index (χ1) is 17.3. The van der Waals surface area contributed by atoms with Gasteiger partial charge >= 0.3 is 6.18 Å². The van der Waals surface area contributed by atoms with E-state index in [1.54, 1.807) is 18.3 Å². The second-order valence-corrected chi connectivity index (χ2v) is 8.93. The van der Waals surface area contributed by atoms with E-state index < -0.39 is 11.7 Å². The Morgan fingerprint density at radius 2 is 1.50 bits per heavy atom. The fraction of sp³-hybridized carbons (Fsp3) is 0.0690. The molecule has 0 unspecified atom stereocenters. The molecule has 180 valence electrons. The van der Waals surface area contributed by atoms with Gasteiger partial charge in [-0.3, -0.25) is 4.98 Å². The maximum absolute atomic E-state index is 13.2. The maximum Gasteiger partial charge on any atom is 0.417 e. The number of ether oxygens (including phenoxy) is 1. The maximum atomic E-state index is 13.2. The smallest absolute Gasteiger partial charge is 0.417 e. The Morgan fingerprint density at radius 3 is 2.28 bits per heavy atom. The molecular formula is C29H18Cl2F3NO. The van der Waals surface area contributed by atoms with Gasteiger partial charge in [-0.15, -0.1) is 0 Å². The quantitative estimate of drug-likeness (QED) is 0.229. The molecular weight excluding hydrogens is 506 g/mol. The second-order valence-electron chi connectivity index (χ2n) is 8.14. The van der Waals surface area contributed by atoms with Gasteiger partial charge in [0.15, 0.2) is 0 Å². The molecule has 36 heavy (non-hydrogen) atoms. The fourth-order valence-corrected chi connectivity index (χ4v) is 4.66. The number of benzene rings is 4. The predicted octanol–water partition coefficient (Wildman–Crippen LogP) is 9.47. The van der Waals surface area contributed by atoms with Crippen molar-refractivity contribution < 1.29 is 17.9 Å². The molecule has 5 aromatic rings. The van der Waals surface area contributed by atoms with Crippen molar-refractivity contribution in [3.63, 3.8) is 0 Å². The van der Waals surface area contributed by atoms with E-state index in [9.17, 15) is 13.2 Å². The zero-order chi connectivity index (χ0) is 25.3. The van der Waals surface area contributed by atoms with E-state index >= 15 is 0 Å². The van der Waals surface area contributed by atoms with E-state index in [1.165, 1.54) is 12.1 Å². The fourth-order valence-electron chi connectivity index (χ4n) is 4.15. The van der Waals surface area contributed by atoms with Gasteiger partial charge in [0.25, 0.3) is 0 Å². The second kappa shape index (κ2) is 9.84. The van der Waals surface area contributed by atoms with Crippen LogP contribution >= 0.6 is 23.2 Å². The average molecular weight is 524 g/mol. The van der Waals surface area contributed by atoms with E-state index in [1.807, 2.05) is 60.7 Å². The number of fused-ring (bicyclic) bond motifs is 1. The minimum Gasteiger partial charge on any atom is -0.489 e. The molecule has 1 heterocycles. The van der Waals surface area contributed by atoms with E-state index in [-0.39, 0.29) is 17.2 Å². The lowest BCUT2D eigenvalue weighted by Crippen LogP contribution is -2.08. The van der Waals surface area contributed by atoms with Crippen LogP contribution in [0.2, 0.25) is 10.0 Å². The van der Waals surface area contributed by atoms with Crippen molar-refractivity contribution in [3.8, 4) is 28.0 Å². The first-order valence-corrected chi connectivity index (χ1v) is 11.8. The van der Waals surface area contributed by atoms with Crippen LogP contribution in [0.25, 0.3) is 33.2 Å². The standard InChI is InChI=1S/C29H18Cl2F3NO/c30-25-14-6-12-22-26(23(16-35-28(22)25)18-7-2-1-3-8-18)19-9-4-11-21(15-19)36-17-20-10-5-13-24(27(20)31)29(32,33)34/h1-16H,17H2. The zero-order valence-electron chi connectivity index (χ0n) is 18.7. The van der Waals surface area contributed by atoms with Gasteiger partial charge in [0.1, 0.15) is 12.4 Å². The molecule has 0 atom stereocenters. The van der Waals surface area contributed by atoms with Crippen LogP contribution in [0, 0.1) is 0 Å². The molecule has 0 aliphatic carbocycles. The number of nitrogens with zero attached hydrogens (tertiary/aromatic N) is 1. The van der Waals surface area contributed by atoms with Gasteiger partial charge < -0.3 is 4.74 Å². The van der Waals surface area contributed by atoms with Crippen LogP contribution in [-0.4, -0.2) is 4.98 Å². The molecule has 0 radical (unpaired) electrons. The van der Waals surface area contributed by atoms with Crippen LogP contribution in [0.3, 0.4) is 0 Å². The third kappa shape index (κ3) is 4.77. The number of para-hydroxylation sites is 1. The third-order valence-electron chi connectivity index (χ3n) is 5.83. The Kier molecular flexibility index (Phi) is 6.61. The highest BCUT2D eigenvalue weighted by Crippen LogP contribution is 2.40. The summed E-state index contributed by atoms with van der Waals surface area (Å²) in [6, 6.07) is 26.7. The van der Waals surface area contributed by atoms with E-state index in [0.29, 0.717) is 16.3 Å². The number of halogens is 5. The molecule has 0 saturated heterocycles. The molecule has 4 aromatic carbocycles. The molecule has 0 aliphatic rings. The van der Waals surface area contributed by atoms with Crippen molar-refractivity contribution in [2.24, 2.45) is 0 Å². The number of alkyl halides is 3. The van der Waals surface area contributed by atoms with Crippen molar-refractivity contribution in [2.75, 3.05) is 0 Å². The molecule has 7 heteroatoms. The van der Waals surface area contributed by atoms with E-state index in [2.05, 4.69) is 4.98 Å². The number of hydrogen-bond donors (Lipinski definition) is 0. The average Bonchev–Trinajstić information content (AvgIpc) is 2.87. The lowest BCUT2D eigenvalue weighted by atomic mass is 9.92. The number of aromatic nitrogens is 1. The first-order valence-electron chi connectivity index (χ1n) is 11.0. The molecule has 0 bridgehead atoms. The molecule has 0 fully saturated rings. The Morgan fingerprint density at radius 1 is 0.778 bits per heavy atom. The highest BCUT2D eigenvalue weighted by Gasteiger charge is 2.33. The highest BCUT2D eigenvalue weighted by molar-refractivity contribution is 6.35. The molecule has 0 spiro atoms. The summed E-state index contributed by atoms with van der Waals surface area (Å²) >= 11 is 12.5. The van der Waals surface area contributed by atoms with Gasteiger partial charge in [-0.1, -0.05) is 89.9 Å². The number of pyridine rings is 1. The summed E-state index contributed by atoms with van der Waals surface area (Å²) in [7, 11) is 0. The summed E-state index contributed by atoms with van der Waals surface area (Å²) in [5.74, 6) is 0.493. The monoisotopic (exact) mass is 523 g/mol. The van der Waals surface area contributed by atoms with Gasteiger partial charge in [0.05, 0.1) is 21.1 Å². The van der Waals surface area contributed by atoms with Crippen molar-refractivity contribution >= 4 is 34.1 Å². The van der Waals surface area contributed by atoms with Crippen molar-refractivity contribution in [2.45, 2.75) is 12.8 Å². The minimum absolute atomic E-state index is 0.110. The zero-order valence-corrected chi connectivity index (χ0v) is 20.2. The lowest BCUT2D eigenvalue weighted by molar-refractivity contribution is -0.137. The lowest BCUT2D eigenvalue weighted by Gasteiger charge is -2.16. The van der Waals surface area contributed by atoms with Crippen molar-refractivity contribution in [1.82, 2.24) is 4.98 Å². The van der Waals surface area contributed by atoms with E-state index in [0.717, 1.165) is 33.7 Å². The molecule has 0 saturated carbocycles. The topological polar surface area (TPSA) is 22.1 Å². The normalized spacial score (nSPS) is 11.6. The van der Waals surface area contributed by atoms with Gasteiger partial charge in [-0.2, -0.15) is 13.2 Å². The molecule has 1 aromatic heterocycles. The Labute approximate surface area is 215 Å². The van der Waals surface area contributed by atoms with Gasteiger partial charge in [-0.25, -0.2) is 0 Å². The molecule has 5 rings (SSSR count). The minimum atomic E-state index is -4.54. The van der Waals surface area contributed by atoms with E-state index in [4.69, 9.17) is 27.9 Å². The Balaban J connectivity index is 1.56. The Bertz CT molecular complexity index is 1550. The predicted molar refractivity (Wildman–Crippen MR) is 138 cm³/mol. The summed E-state index contributed by atoms with van der Waals surface area (Å²) in [5.41, 5.74) is 3.74. The SMILES string of the molecule is FC(F)(F)c1cccc(COc2cccc(-c3c(-c4ccccc4)cnc4c(Cl)cccc34)c2)c1Cl. The van der Waals surface area contributed by atoms with Gasteiger partial charge in [0.2, 0.25) is 0 Å². The first kappa shape index (κ1) is 24.2. The molecule has 0 aliphatic heterocycles. The summed E-state index contributed by atoms with van der Waals surface area (Å²) in [6.45, 7) is -0.110. The van der Waals surface area contributed by atoms with Crippen molar-refractivity contribution in [1.29, 1.82) is 0 Å². The van der Waals surface area contributed by atoms with Crippen molar-refractivity contribution in [3.05, 3.63) is 118 Å². The molecule has 0 N–H and O–H groups in total. The summed E-state index contributed by atoms with van der Waals surface area (Å²) in [6.07, 6.45) is -2.74. The Hall–Kier alpha value is -3.54. The number of hydrogen-bond acceptors (Lipinski definition) is 2. The van der Waals surface area contributed by atoms with Crippen LogP contribution in [0.4, 0.5) is 13.2 Å². The third-order valence-corrected chi connectivity index (χ3v) is 6.59. The largest absolute Gasteiger partial charge is 0.489 e. The van der Waals surface area contributed by atoms with Gasteiger partial charge in [0, 0.05) is 28.3 Å². The summed E-state index contributed by atoms with van der Waals surface area (Å²) in [5, 5.41) is 1.06. The number of rotatable bonds is 5. The summed E-state index contributed by atoms with van der Waals surface area (Å²) in [4.78, 5) is 4.61. The highest BCUT2D eigenvalue weighted by atomic mass is 35.5.